The number of fused-ring (bicyclic) bond motifs is 1. The van der Waals surface area contributed by atoms with Gasteiger partial charge in [0.2, 0.25) is 10.0 Å². The lowest BCUT2D eigenvalue weighted by Crippen LogP contribution is -2.43. The molecule has 8 heteroatoms. The molecule has 0 bridgehead atoms. The van der Waals surface area contributed by atoms with Crippen molar-refractivity contribution in [3.63, 3.8) is 0 Å². The van der Waals surface area contributed by atoms with Crippen LogP contribution in [0.5, 0.6) is 0 Å². The van der Waals surface area contributed by atoms with Gasteiger partial charge < -0.3 is 9.88 Å². The number of aromatic amines is 1. The number of rotatable bonds is 5. The molecule has 1 aliphatic carbocycles. The normalized spacial score (nSPS) is 20.6. The summed E-state index contributed by atoms with van der Waals surface area (Å²) in [7, 11) is -1.41. The van der Waals surface area contributed by atoms with E-state index in [0.717, 1.165) is 42.5 Å². The summed E-state index contributed by atoms with van der Waals surface area (Å²) >= 11 is 0. The number of nitrogens with one attached hydrogen (secondary N) is 2. The van der Waals surface area contributed by atoms with Crippen molar-refractivity contribution < 1.29 is 8.42 Å². The Labute approximate surface area is 158 Å². The fraction of sp³-hybridized carbons (Fsp3) is 0.368. The molecule has 0 atom stereocenters. The van der Waals surface area contributed by atoms with Gasteiger partial charge in [0, 0.05) is 25.3 Å². The molecule has 2 heterocycles. The lowest BCUT2D eigenvalue weighted by Gasteiger charge is -2.35. The maximum atomic E-state index is 12.5. The van der Waals surface area contributed by atoms with Gasteiger partial charge in [-0.1, -0.05) is 18.2 Å². The van der Waals surface area contributed by atoms with E-state index in [1.54, 1.807) is 30.6 Å². The van der Waals surface area contributed by atoms with E-state index in [2.05, 4.69) is 24.6 Å². The fourth-order valence-electron chi connectivity index (χ4n) is 3.78. The van der Waals surface area contributed by atoms with E-state index >= 15 is 0 Å². The average molecular weight is 385 g/mol. The summed E-state index contributed by atoms with van der Waals surface area (Å²) in [6.45, 7) is 0. The summed E-state index contributed by atoms with van der Waals surface area (Å²) in [5.41, 5.74) is 0.830. The predicted molar refractivity (Wildman–Crippen MR) is 105 cm³/mol. The van der Waals surface area contributed by atoms with Crippen LogP contribution in [-0.4, -0.2) is 42.5 Å². The molecule has 0 saturated heterocycles. The van der Waals surface area contributed by atoms with Crippen LogP contribution >= 0.6 is 0 Å². The molecule has 2 aromatic heterocycles. The van der Waals surface area contributed by atoms with Gasteiger partial charge in [-0.2, -0.15) is 0 Å². The maximum Gasteiger partial charge on any atom is 0.240 e. The van der Waals surface area contributed by atoms with Crippen LogP contribution in [-0.2, 0) is 10.0 Å². The van der Waals surface area contributed by atoms with Crippen molar-refractivity contribution in [1.82, 2.24) is 19.7 Å². The van der Waals surface area contributed by atoms with E-state index < -0.39 is 10.0 Å². The Kier molecular flexibility index (Phi) is 4.84. The minimum atomic E-state index is -3.46. The zero-order chi connectivity index (χ0) is 18.9. The van der Waals surface area contributed by atoms with E-state index in [-0.39, 0.29) is 6.04 Å². The Hall–Kier alpha value is -2.45. The Balaban J connectivity index is 1.41. The number of H-pyrrole nitrogens is 1. The van der Waals surface area contributed by atoms with Crippen LogP contribution in [0.3, 0.4) is 0 Å². The molecule has 1 aliphatic rings. The van der Waals surface area contributed by atoms with Crippen molar-refractivity contribution in [1.29, 1.82) is 0 Å². The number of hydrogen-bond donors (Lipinski definition) is 2. The van der Waals surface area contributed by atoms with Gasteiger partial charge in [-0.05, 0) is 43.9 Å². The van der Waals surface area contributed by atoms with Crippen molar-refractivity contribution in [3.05, 3.63) is 48.9 Å². The maximum absolute atomic E-state index is 12.5. The van der Waals surface area contributed by atoms with E-state index in [1.165, 1.54) is 0 Å². The second-order valence-corrected chi connectivity index (χ2v) is 8.70. The first-order chi connectivity index (χ1) is 13.0. The van der Waals surface area contributed by atoms with Gasteiger partial charge in [-0.15, -0.1) is 0 Å². The summed E-state index contributed by atoms with van der Waals surface area (Å²) < 4.78 is 27.9. The molecule has 7 nitrogen and oxygen atoms in total. The first-order valence-electron chi connectivity index (χ1n) is 9.13. The lowest BCUT2D eigenvalue weighted by atomic mass is 9.91. The molecule has 0 spiro atoms. The molecule has 1 saturated carbocycles. The van der Waals surface area contributed by atoms with Gasteiger partial charge in [0.15, 0.2) is 0 Å². The fourth-order valence-corrected chi connectivity index (χ4v) is 5.11. The summed E-state index contributed by atoms with van der Waals surface area (Å²) in [6, 6.07) is 10.8. The average Bonchev–Trinajstić information content (AvgIpc) is 3.17. The minimum Gasteiger partial charge on any atom is -0.356 e. The molecule has 0 unspecified atom stereocenters. The molecule has 142 valence electrons. The molecule has 2 N–H and O–H groups in total. The SMILES string of the molecule is CN(c1ncnc2[nH]ccc12)C1CCC(NS(=O)(=O)c2ccccc2)CC1. The third-order valence-electron chi connectivity index (χ3n) is 5.29. The predicted octanol–water partition coefficient (Wildman–Crippen LogP) is 2.68. The van der Waals surface area contributed by atoms with Crippen LogP contribution in [0.15, 0.2) is 53.8 Å². The second kappa shape index (κ2) is 7.28. The van der Waals surface area contributed by atoms with E-state index in [1.807, 2.05) is 25.4 Å². The number of aromatic nitrogens is 3. The third kappa shape index (κ3) is 3.68. The van der Waals surface area contributed by atoms with E-state index in [0.29, 0.717) is 10.9 Å². The Morgan fingerprint density at radius 2 is 1.81 bits per heavy atom. The molecule has 1 aromatic carbocycles. The first kappa shape index (κ1) is 17.9. The number of hydrogen-bond acceptors (Lipinski definition) is 5. The van der Waals surface area contributed by atoms with Crippen LogP contribution in [0.1, 0.15) is 25.7 Å². The Morgan fingerprint density at radius 1 is 1.07 bits per heavy atom. The molecule has 4 rings (SSSR count). The van der Waals surface area contributed by atoms with Crippen LogP contribution in [0.4, 0.5) is 5.82 Å². The molecule has 1 fully saturated rings. The highest BCUT2D eigenvalue weighted by atomic mass is 32.2. The number of anilines is 1. The van der Waals surface area contributed by atoms with Crippen LogP contribution in [0.2, 0.25) is 0 Å². The van der Waals surface area contributed by atoms with Crippen LogP contribution < -0.4 is 9.62 Å². The van der Waals surface area contributed by atoms with Gasteiger partial charge >= 0.3 is 0 Å². The monoisotopic (exact) mass is 385 g/mol. The van der Waals surface area contributed by atoms with Gasteiger partial charge in [0.05, 0.1) is 10.3 Å². The number of nitrogens with zero attached hydrogens (tertiary/aromatic N) is 3. The van der Waals surface area contributed by atoms with Crippen LogP contribution in [0, 0.1) is 0 Å². The topological polar surface area (TPSA) is 91.0 Å². The molecule has 0 amide bonds. The van der Waals surface area contributed by atoms with Gasteiger partial charge in [-0.25, -0.2) is 23.1 Å². The highest BCUT2D eigenvalue weighted by molar-refractivity contribution is 7.89. The van der Waals surface area contributed by atoms with Crippen LogP contribution in [0.25, 0.3) is 11.0 Å². The molecular weight excluding hydrogens is 362 g/mol. The van der Waals surface area contributed by atoms with Gasteiger partial charge in [-0.3, -0.25) is 0 Å². The summed E-state index contributed by atoms with van der Waals surface area (Å²) in [6.07, 6.45) is 6.88. The number of sulfonamides is 1. The zero-order valence-corrected chi connectivity index (χ0v) is 16.0. The third-order valence-corrected chi connectivity index (χ3v) is 6.82. The van der Waals surface area contributed by atoms with E-state index in [4.69, 9.17) is 0 Å². The molecular formula is C19H23N5O2S. The van der Waals surface area contributed by atoms with Crippen molar-refractivity contribution >= 4 is 26.9 Å². The summed E-state index contributed by atoms with van der Waals surface area (Å²) in [5, 5.41) is 1.01. The number of benzene rings is 1. The molecule has 27 heavy (non-hydrogen) atoms. The molecule has 3 aromatic rings. The van der Waals surface area contributed by atoms with Crippen molar-refractivity contribution in [3.8, 4) is 0 Å². The minimum absolute atomic E-state index is 0.0301. The molecule has 0 aliphatic heterocycles. The summed E-state index contributed by atoms with van der Waals surface area (Å²) in [5.74, 6) is 0.912. The smallest absolute Gasteiger partial charge is 0.240 e. The summed E-state index contributed by atoms with van der Waals surface area (Å²) in [4.78, 5) is 14.3. The van der Waals surface area contributed by atoms with Crippen molar-refractivity contribution in [2.45, 2.75) is 42.7 Å². The van der Waals surface area contributed by atoms with Gasteiger partial charge in [0.1, 0.15) is 17.8 Å². The van der Waals surface area contributed by atoms with Gasteiger partial charge in [0.25, 0.3) is 0 Å². The van der Waals surface area contributed by atoms with E-state index in [9.17, 15) is 8.42 Å². The molecule has 0 radical (unpaired) electrons. The van der Waals surface area contributed by atoms with Crippen molar-refractivity contribution in [2.24, 2.45) is 0 Å². The standard InChI is InChI=1S/C19H23N5O2S/c1-24(19-17-11-12-20-18(17)21-13-22-19)15-9-7-14(8-10-15)23-27(25,26)16-5-3-2-4-6-16/h2-6,11-15,23H,7-10H2,1H3,(H,20,21,22). The first-order valence-corrected chi connectivity index (χ1v) is 10.6. The lowest BCUT2D eigenvalue weighted by molar-refractivity contribution is 0.365. The van der Waals surface area contributed by atoms with Crippen molar-refractivity contribution in [2.75, 3.05) is 11.9 Å². The zero-order valence-electron chi connectivity index (χ0n) is 15.2. The largest absolute Gasteiger partial charge is 0.356 e. The highest BCUT2D eigenvalue weighted by Crippen LogP contribution is 2.29. The highest BCUT2D eigenvalue weighted by Gasteiger charge is 2.28. The second-order valence-electron chi connectivity index (χ2n) is 6.99. The quantitative estimate of drug-likeness (QED) is 0.705. The Morgan fingerprint density at radius 3 is 2.56 bits per heavy atom. The Bertz CT molecular complexity index is 1010.